The summed E-state index contributed by atoms with van der Waals surface area (Å²) < 4.78 is 0. The minimum atomic E-state index is -1.00. The number of rotatable bonds is 6. The van der Waals surface area contributed by atoms with E-state index in [1.165, 1.54) is 18.7 Å². The smallest absolute Gasteiger partial charge is 0.327 e. The molecule has 1 rings (SSSR count). The summed E-state index contributed by atoms with van der Waals surface area (Å²) in [4.78, 5) is 22.0. The summed E-state index contributed by atoms with van der Waals surface area (Å²) in [5.74, 6) is -0.599. The van der Waals surface area contributed by atoms with Gasteiger partial charge in [-0.3, -0.25) is 4.79 Å². The fourth-order valence-electron chi connectivity index (χ4n) is 1.50. The predicted octanol–water partition coefficient (Wildman–Crippen LogP) is 1.90. The van der Waals surface area contributed by atoms with Crippen molar-refractivity contribution in [3.63, 3.8) is 0 Å². The maximum Gasteiger partial charge on any atom is 0.327 e. The van der Waals surface area contributed by atoms with Crippen LogP contribution in [-0.2, 0) is 15.3 Å². The lowest BCUT2D eigenvalue weighted by Crippen LogP contribution is -2.45. The van der Waals surface area contributed by atoms with Crippen LogP contribution in [0.1, 0.15) is 19.4 Å². The van der Waals surface area contributed by atoms with E-state index in [0.717, 1.165) is 11.3 Å². The van der Waals surface area contributed by atoms with Gasteiger partial charge in [0.05, 0.1) is 0 Å². The van der Waals surface area contributed by atoms with Crippen LogP contribution in [0, 0.1) is 0 Å². The van der Waals surface area contributed by atoms with Gasteiger partial charge in [-0.05, 0) is 5.56 Å². The van der Waals surface area contributed by atoms with Crippen molar-refractivity contribution < 1.29 is 14.7 Å². The first-order valence-corrected chi connectivity index (χ1v) is 6.71. The van der Waals surface area contributed by atoms with Crippen molar-refractivity contribution in [1.29, 1.82) is 0 Å². The molecule has 0 unspecified atom stereocenters. The molecule has 0 saturated heterocycles. The number of thioether (sulfide) groups is 1. The van der Waals surface area contributed by atoms with Crippen LogP contribution in [0.3, 0.4) is 0 Å². The topological polar surface area (TPSA) is 66.4 Å². The zero-order chi connectivity index (χ0) is 13.5. The Kier molecular flexibility index (Phi) is 5.71. The number of carboxylic acid groups (broad SMARTS) is 1. The molecule has 5 heteroatoms. The highest BCUT2D eigenvalue weighted by atomic mass is 32.2. The molecule has 0 aliphatic carbocycles. The lowest BCUT2D eigenvalue weighted by Gasteiger charge is -2.20. The van der Waals surface area contributed by atoms with Crippen molar-refractivity contribution in [2.75, 3.05) is 0 Å². The Labute approximate surface area is 111 Å². The van der Waals surface area contributed by atoms with Gasteiger partial charge in [0, 0.05) is 17.9 Å². The molecule has 0 heterocycles. The number of carbonyl (C=O) groups is 2. The molecule has 0 aromatic heterocycles. The number of benzene rings is 1. The lowest BCUT2D eigenvalue weighted by molar-refractivity contribution is -0.141. The SMILES string of the molecule is CC(=O)N[C@@H](C(=O)O)[C@H](C)SCc1ccccc1. The number of nitrogens with one attached hydrogen (secondary N) is 1. The van der Waals surface area contributed by atoms with E-state index in [2.05, 4.69) is 5.32 Å². The Morgan fingerprint density at radius 1 is 1.33 bits per heavy atom. The first-order chi connectivity index (χ1) is 8.50. The molecule has 0 bridgehead atoms. The van der Waals surface area contributed by atoms with Crippen molar-refractivity contribution in [1.82, 2.24) is 5.32 Å². The maximum absolute atomic E-state index is 11.1. The standard InChI is InChI=1S/C13H17NO3S/c1-9(12(13(16)17)14-10(2)15)18-8-11-6-4-3-5-7-11/h3-7,9,12H,8H2,1-2H3,(H,14,15)(H,16,17)/t9-,12+/m0/s1. The van der Waals surface area contributed by atoms with Crippen molar-refractivity contribution >= 4 is 23.6 Å². The molecule has 0 fully saturated rings. The number of hydrogen-bond donors (Lipinski definition) is 2. The van der Waals surface area contributed by atoms with Gasteiger partial charge in [0.15, 0.2) is 0 Å². The number of amides is 1. The van der Waals surface area contributed by atoms with Crippen LogP contribution in [-0.4, -0.2) is 28.3 Å². The fraction of sp³-hybridized carbons (Fsp3) is 0.385. The summed E-state index contributed by atoms with van der Waals surface area (Å²) >= 11 is 1.51. The lowest BCUT2D eigenvalue weighted by atomic mass is 10.2. The van der Waals surface area contributed by atoms with Crippen molar-refractivity contribution in [3.8, 4) is 0 Å². The molecule has 1 aromatic rings. The molecule has 1 amide bonds. The number of hydrogen-bond acceptors (Lipinski definition) is 3. The first kappa shape index (κ1) is 14.6. The molecular weight excluding hydrogens is 250 g/mol. The van der Waals surface area contributed by atoms with E-state index >= 15 is 0 Å². The summed E-state index contributed by atoms with van der Waals surface area (Å²) in [6, 6.07) is 8.97. The van der Waals surface area contributed by atoms with Gasteiger partial charge in [0.1, 0.15) is 6.04 Å². The van der Waals surface area contributed by atoms with Crippen LogP contribution >= 0.6 is 11.8 Å². The Balaban J connectivity index is 2.54. The molecular formula is C13H17NO3S. The highest BCUT2D eigenvalue weighted by Crippen LogP contribution is 2.20. The van der Waals surface area contributed by atoms with Crippen LogP contribution in [0.15, 0.2) is 30.3 Å². The third-order valence-electron chi connectivity index (χ3n) is 2.45. The van der Waals surface area contributed by atoms with Crippen molar-refractivity contribution in [2.45, 2.75) is 30.9 Å². The minimum Gasteiger partial charge on any atom is -0.480 e. The van der Waals surface area contributed by atoms with Crippen LogP contribution in [0.25, 0.3) is 0 Å². The summed E-state index contributed by atoms with van der Waals surface area (Å²) in [6.07, 6.45) is 0. The Morgan fingerprint density at radius 2 is 1.94 bits per heavy atom. The van der Waals surface area contributed by atoms with Crippen molar-refractivity contribution in [2.24, 2.45) is 0 Å². The van der Waals surface area contributed by atoms with Gasteiger partial charge in [0.25, 0.3) is 0 Å². The van der Waals surface area contributed by atoms with E-state index in [4.69, 9.17) is 5.11 Å². The molecule has 18 heavy (non-hydrogen) atoms. The van der Waals surface area contributed by atoms with Gasteiger partial charge in [0.2, 0.25) is 5.91 Å². The van der Waals surface area contributed by atoms with Crippen LogP contribution < -0.4 is 5.32 Å². The van der Waals surface area contributed by atoms with Gasteiger partial charge >= 0.3 is 5.97 Å². The zero-order valence-corrected chi connectivity index (χ0v) is 11.2. The number of carboxylic acids is 1. The summed E-state index contributed by atoms with van der Waals surface area (Å²) in [5, 5.41) is 11.3. The van der Waals surface area contributed by atoms with E-state index < -0.39 is 12.0 Å². The Bertz CT molecular complexity index is 408. The van der Waals surface area contributed by atoms with E-state index in [1.807, 2.05) is 37.3 Å². The average Bonchev–Trinajstić information content (AvgIpc) is 2.34. The Morgan fingerprint density at radius 3 is 2.44 bits per heavy atom. The number of aliphatic carboxylic acids is 1. The normalized spacial score (nSPS) is 13.7. The monoisotopic (exact) mass is 267 g/mol. The first-order valence-electron chi connectivity index (χ1n) is 5.66. The van der Waals surface area contributed by atoms with Crippen LogP contribution in [0.2, 0.25) is 0 Å². The van der Waals surface area contributed by atoms with Crippen LogP contribution in [0.5, 0.6) is 0 Å². The third kappa shape index (κ3) is 4.79. The van der Waals surface area contributed by atoms with Gasteiger partial charge < -0.3 is 10.4 Å². The third-order valence-corrected chi connectivity index (χ3v) is 3.75. The van der Waals surface area contributed by atoms with Crippen LogP contribution in [0.4, 0.5) is 0 Å². The van der Waals surface area contributed by atoms with Gasteiger partial charge in [-0.1, -0.05) is 37.3 Å². The highest BCUT2D eigenvalue weighted by molar-refractivity contribution is 7.99. The summed E-state index contributed by atoms with van der Waals surface area (Å²) in [5.41, 5.74) is 1.14. The quantitative estimate of drug-likeness (QED) is 0.826. The predicted molar refractivity (Wildman–Crippen MR) is 72.4 cm³/mol. The molecule has 0 saturated carbocycles. The largest absolute Gasteiger partial charge is 0.480 e. The van der Waals surface area contributed by atoms with Gasteiger partial charge in [-0.2, -0.15) is 11.8 Å². The Hall–Kier alpha value is -1.49. The van der Waals surface area contributed by atoms with E-state index in [9.17, 15) is 9.59 Å². The maximum atomic E-state index is 11.1. The summed E-state index contributed by atoms with van der Waals surface area (Å²) in [7, 11) is 0. The van der Waals surface area contributed by atoms with Crippen molar-refractivity contribution in [3.05, 3.63) is 35.9 Å². The highest BCUT2D eigenvalue weighted by Gasteiger charge is 2.25. The molecule has 1 aromatic carbocycles. The average molecular weight is 267 g/mol. The van der Waals surface area contributed by atoms with Gasteiger partial charge in [-0.25, -0.2) is 4.79 Å². The second kappa shape index (κ2) is 7.06. The van der Waals surface area contributed by atoms with Gasteiger partial charge in [-0.15, -0.1) is 0 Å². The number of carbonyl (C=O) groups excluding carboxylic acids is 1. The molecule has 0 aliphatic heterocycles. The van der Waals surface area contributed by atoms with E-state index in [0.29, 0.717) is 0 Å². The molecule has 4 nitrogen and oxygen atoms in total. The fourth-order valence-corrected chi connectivity index (χ4v) is 2.52. The molecule has 0 aliphatic rings. The molecule has 2 N–H and O–H groups in total. The summed E-state index contributed by atoms with van der Waals surface area (Å²) in [6.45, 7) is 3.13. The second-order valence-electron chi connectivity index (χ2n) is 4.02. The molecule has 98 valence electrons. The molecule has 0 spiro atoms. The van der Waals surface area contributed by atoms with E-state index in [-0.39, 0.29) is 11.2 Å². The minimum absolute atomic E-state index is 0.188. The zero-order valence-electron chi connectivity index (χ0n) is 10.4. The molecule has 0 radical (unpaired) electrons. The van der Waals surface area contributed by atoms with E-state index in [1.54, 1.807) is 0 Å². The molecule has 2 atom stereocenters. The second-order valence-corrected chi connectivity index (χ2v) is 5.38.